The summed E-state index contributed by atoms with van der Waals surface area (Å²) in [4.78, 5) is 11.2. The van der Waals surface area contributed by atoms with Crippen LogP contribution in [0.25, 0.3) is 0 Å². The average molecular weight is 311 g/mol. The van der Waals surface area contributed by atoms with Gasteiger partial charge in [0.05, 0.1) is 4.90 Å². The molecule has 0 radical (unpaired) electrons. The van der Waals surface area contributed by atoms with Crippen molar-refractivity contribution < 1.29 is 13.2 Å². The molecule has 0 aliphatic carbocycles. The fourth-order valence-corrected chi connectivity index (χ4v) is 4.18. The molecule has 1 aromatic carbocycles. The van der Waals surface area contributed by atoms with E-state index in [0.29, 0.717) is 18.8 Å². The Morgan fingerprint density at radius 2 is 1.90 bits per heavy atom. The lowest BCUT2D eigenvalue weighted by atomic mass is 9.89. The molecule has 0 bridgehead atoms. The number of nitrogens with two attached hydrogens (primary N) is 1. The van der Waals surface area contributed by atoms with Crippen LogP contribution in [-0.4, -0.2) is 37.3 Å². The highest BCUT2D eigenvalue weighted by atomic mass is 32.2. The van der Waals surface area contributed by atoms with Gasteiger partial charge in [0.2, 0.25) is 15.9 Å². The first kappa shape index (κ1) is 15.9. The third-order valence-electron chi connectivity index (χ3n) is 3.54. The van der Waals surface area contributed by atoms with Gasteiger partial charge >= 0.3 is 0 Å². The van der Waals surface area contributed by atoms with Gasteiger partial charge in [0.25, 0.3) is 0 Å². The van der Waals surface area contributed by atoms with Gasteiger partial charge < -0.3 is 11.1 Å². The summed E-state index contributed by atoms with van der Waals surface area (Å²) in [5.41, 5.74) is 6.29. The highest BCUT2D eigenvalue weighted by Crippen LogP contribution is 2.29. The number of benzene rings is 1. The van der Waals surface area contributed by atoms with Crippen molar-refractivity contribution in [2.75, 3.05) is 18.4 Å². The van der Waals surface area contributed by atoms with Crippen molar-refractivity contribution in [3.63, 3.8) is 0 Å². The standard InChI is InChI=1S/C14H21N3O3S/c1-3-8-14(15)9-17(10-14)21(19,20)13-6-4-12(5-7-13)16-11(2)18/h4-7H,3,8-10,15H2,1-2H3,(H,16,18). The summed E-state index contributed by atoms with van der Waals surface area (Å²) in [5, 5.41) is 2.60. The lowest BCUT2D eigenvalue weighted by Crippen LogP contribution is -2.68. The molecule has 21 heavy (non-hydrogen) atoms. The fourth-order valence-electron chi connectivity index (χ4n) is 2.54. The van der Waals surface area contributed by atoms with Crippen molar-refractivity contribution in [1.82, 2.24) is 4.31 Å². The normalized spacial score (nSPS) is 18.0. The zero-order chi connectivity index (χ0) is 15.7. The summed E-state index contributed by atoms with van der Waals surface area (Å²) in [5.74, 6) is -0.194. The van der Waals surface area contributed by atoms with Crippen molar-refractivity contribution in [3.05, 3.63) is 24.3 Å². The number of carbonyl (C=O) groups excluding carboxylic acids is 1. The summed E-state index contributed by atoms with van der Waals surface area (Å²) >= 11 is 0. The minimum atomic E-state index is -3.50. The van der Waals surface area contributed by atoms with Crippen LogP contribution < -0.4 is 11.1 Å². The zero-order valence-electron chi connectivity index (χ0n) is 12.3. The molecule has 1 saturated heterocycles. The lowest BCUT2D eigenvalue weighted by molar-refractivity contribution is -0.114. The number of carbonyl (C=O) groups is 1. The van der Waals surface area contributed by atoms with Gasteiger partial charge in [0.1, 0.15) is 0 Å². The molecule has 0 spiro atoms. The van der Waals surface area contributed by atoms with Crippen LogP contribution >= 0.6 is 0 Å². The van der Waals surface area contributed by atoms with E-state index in [1.165, 1.54) is 23.4 Å². The van der Waals surface area contributed by atoms with Crippen LogP contribution in [0.4, 0.5) is 5.69 Å². The van der Waals surface area contributed by atoms with E-state index >= 15 is 0 Å². The highest BCUT2D eigenvalue weighted by molar-refractivity contribution is 7.89. The molecule has 1 heterocycles. The molecule has 0 saturated carbocycles. The molecule has 3 N–H and O–H groups in total. The molecular weight excluding hydrogens is 290 g/mol. The second-order valence-electron chi connectivity index (χ2n) is 5.59. The van der Waals surface area contributed by atoms with Crippen molar-refractivity contribution in [2.45, 2.75) is 37.1 Å². The first-order chi connectivity index (χ1) is 9.77. The van der Waals surface area contributed by atoms with Gasteiger partial charge in [0, 0.05) is 31.2 Å². The van der Waals surface area contributed by atoms with Crippen LogP contribution in [0.15, 0.2) is 29.2 Å². The monoisotopic (exact) mass is 311 g/mol. The Morgan fingerprint density at radius 1 is 1.33 bits per heavy atom. The summed E-state index contributed by atoms with van der Waals surface area (Å²) in [6, 6.07) is 6.15. The summed E-state index contributed by atoms with van der Waals surface area (Å²) < 4.78 is 26.2. The smallest absolute Gasteiger partial charge is 0.243 e. The number of nitrogens with one attached hydrogen (secondary N) is 1. The van der Waals surface area contributed by atoms with Crippen LogP contribution in [0.1, 0.15) is 26.7 Å². The second-order valence-corrected chi connectivity index (χ2v) is 7.53. The SMILES string of the molecule is CCCC1(N)CN(S(=O)(=O)c2ccc(NC(C)=O)cc2)C1. The van der Waals surface area contributed by atoms with Crippen LogP contribution in [0.2, 0.25) is 0 Å². The van der Waals surface area contributed by atoms with Gasteiger partial charge in [-0.15, -0.1) is 0 Å². The van der Waals surface area contributed by atoms with Crippen LogP contribution in [-0.2, 0) is 14.8 Å². The van der Waals surface area contributed by atoms with Gasteiger partial charge in [-0.05, 0) is 30.7 Å². The number of sulfonamides is 1. The Balaban J connectivity index is 2.09. The summed E-state index contributed by atoms with van der Waals surface area (Å²) in [6.07, 6.45) is 1.76. The maximum Gasteiger partial charge on any atom is 0.243 e. The molecule has 1 amide bonds. The molecule has 1 fully saturated rings. The maximum atomic E-state index is 12.4. The summed E-state index contributed by atoms with van der Waals surface area (Å²) in [7, 11) is -3.50. The van der Waals surface area contributed by atoms with E-state index in [4.69, 9.17) is 5.73 Å². The van der Waals surface area contributed by atoms with E-state index in [-0.39, 0.29) is 10.8 Å². The molecule has 116 valence electrons. The summed E-state index contributed by atoms with van der Waals surface area (Å²) in [6.45, 7) is 4.15. The fraction of sp³-hybridized carbons (Fsp3) is 0.500. The quantitative estimate of drug-likeness (QED) is 0.853. The molecule has 6 nitrogen and oxygen atoms in total. The minimum Gasteiger partial charge on any atom is -0.326 e. The van der Waals surface area contributed by atoms with E-state index in [9.17, 15) is 13.2 Å². The predicted molar refractivity (Wildman–Crippen MR) is 81.3 cm³/mol. The Labute approximate surface area is 125 Å². The number of amides is 1. The second kappa shape index (κ2) is 5.75. The molecule has 7 heteroatoms. The van der Waals surface area contributed by atoms with Gasteiger partial charge in [-0.25, -0.2) is 8.42 Å². The Hall–Kier alpha value is -1.44. The van der Waals surface area contributed by atoms with E-state index < -0.39 is 15.6 Å². The van der Waals surface area contributed by atoms with Crippen molar-refractivity contribution in [2.24, 2.45) is 5.73 Å². The van der Waals surface area contributed by atoms with Gasteiger partial charge in [-0.2, -0.15) is 4.31 Å². The molecule has 1 aliphatic rings. The zero-order valence-corrected chi connectivity index (χ0v) is 13.1. The van der Waals surface area contributed by atoms with Gasteiger partial charge in [-0.3, -0.25) is 4.79 Å². The number of hydrogen-bond donors (Lipinski definition) is 2. The number of nitrogens with zero attached hydrogens (tertiary/aromatic N) is 1. The van der Waals surface area contributed by atoms with Gasteiger partial charge in [-0.1, -0.05) is 13.3 Å². The first-order valence-electron chi connectivity index (χ1n) is 6.93. The Kier molecular flexibility index (Phi) is 4.36. The van der Waals surface area contributed by atoms with Crippen LogP contribution in [0, 0.1) is 0 Å². The third kappa shape index (κ3) is 3.42. The molecular formula is C14H21N3O3S. The number of anilines is 1. The molecule has 0 unspecified atom stereocenters. The van der Waals surface area contributed by atoms with E-state index in [1.54, 1.807) is 12.1 Å². The molecule has 0 atom stereocenters. The molecule has 0 aromatic heterocycles. The molecule has 1 aromatic rings. The minimum absolute atomic E-state index is 0.194. The predicted octanol–water partition coefficient (Wildman–Crippen LogP) is 1.15. The third-order valence-corrected chi connectivity index (χ3v) is 5.35. The van der Waals surface area contributed by atoms with Crippen LogP contribution in [0.5, 0.6) is 0 Å². The Morgan fingerprint density at radius 3 is 2.38 bits per heavy atom. The van der Waals surface area contributed by atoms with E-state index in [2.05, 4.69) is 5.32 Å². The molecule has 2 rings (SSSR count). The van der Waals surface area contributed by atoms with E-state index in [1.807, 2.05) is 6.92 Å². The number of rotatable bonds is 5. The van der Waals surface area contributed by atoms with Crippen LogP contribution in [0.3, 0.4) is 0 Å². The van der Waals surface area contributed by atoms with Crippen molar-refractivity contribution in [1.29, 1.82) is 0 Å². The topological polar surface area (TPSA) is 92.5 Å². The Bertz CT molecular complexity index is 619. The van der Waals surface area contributed by atoms with E-state index in [0.717, 1.165) is 12.8 Å². The lowest BCUT2D eigenvalue weighted by Gasteiger charge is -2.46. The van der Waals surface area contributed by atoms with Crippen molar-refractivity contribution in [3.8, 4) is 0 Å². The van der Waals surface area contributed by atoms with Gasteiger partial charge in [0.15, 0.2) is 0 Å². The highest BCUT2D eigenvalue weighted by Gasteiger charge is 2.44. The largest absolute Gasteiger partial charge is 0.326 e. The number of hydrogen-bond acceptors (Lipinski definition) is 4. The van der Waals surface area contributed by atoms with Crippen molar-refractivity contribution >= 4 is 21.6 Å². The maximum absolute atomic E-state index is 12.4. The average Bonchev–Trinajstić information content (AvgIpc) is 2.36. The first-order valence-corrected chi connectivity index (χ1v) is 8.37. The molecule has 1 aliphatic heterocycles.